The Kier molecular flexibility index (Phi) is 11.2. The van der Waals surface area contributed by atoms with Gasteiger partial charge in [-0.2, -0.15) is 0 Å². The number of morpholine rings is 1. The van der Waals surface area contributed by atoms with Crippen molar-refractivity contribution in [3.05, 3.63) is 33.9 Å². The molecule has 0 radical (unpaired) electrons. The molecule has 12 heteroatoms. The molecule has 204 valence electrons. The van der Waals surface area contributed by atoms with Crippen LogP contribution in [-0.4, -0.2) is 87.5 Å². The van der Waals surface area contributed by atoms with Crippen molar-refractivity contribution >= 4 is 71.4 Å². The molecule has 1 unspecified atom stereocenters. The number of rotatable bonds is 11. The molecule has 2 aliphatic heterocycles. The number of benzene rings is 1. The summed E-state index contributed by atoms with van der Waals surface area (Å²) >= 11 is 15.9. The monoisotopic (exact) mass is 637 g/mol. The van der Waals surface area contributed by atoms with E-state index in [1.54, 1.807) is 7.11 Å². The molecule has 1 fully saturated rings. The Hall–Kier alpha value is -1.28. The second-order valence-electron chi connectivity index (χ2n) is 8.82. The van der Waals surface area contributed by atoms with Crippen LogP contribution in [0.1, 0.15) is 46.8 Å². The molecule has 0 saturated carbocycles. The number of carbonyl (C=O) groups is 3. The average Bonchev–Trinajstić information content (AvgIpc) is 3.25. The van der Waals surface area contributed by atoms with Crippen molar-refractivity contribution in [1.82, 2.24) is 4.90 Å². The second kappa shape index (κ2) is 13.7. The summed E-state index contributed by atoms with van der Waals surface area (Å²) in [4.78, 5) is 39.7. The van der Waals surface area contributed by atoms with Crippen LogP contribution in [0.2, 0.25) is 0 Å². The number of hydrogen-bond acceptors (Lipinski definition) is 8. The third-order valence-electron chi connectivity index (χ3n) is 6.33. The number of nitrogens with zero attached hydrogens (tertiary/aromatic N) is 1. The fourth-order valence-electron chi connectivity index (χ4n) is 4.24. The van der Waals surface area contributed by atoms with E-state index in [0.717, 1.165) is 24.2 Å². The molecule has 0 N–H and O–H groups in total. The number of methoxy groups -OCH3 is 1. The van der Waals surface area contributed by atoms with Gasteiger partial charge in [0.1, 0.15) is 0 Å². The fourth-order valence-corrected chi connectivity index (χ4v) is 7.31. The van der Waals surface area contributed by atoms with Crippen LogP contribution in [0.25, 0.3) is 0 Å². The van der Waals surface area contributed by atoms with Gasteiger partial charge in [0.25, 0.3) is 0 Å². The van der Waals surface area contributed by atoms with Crippen molar-refractivity contribution in [3.8, 4) is 5.75 Å². The molecule has 8 nitrogen and oxygen atoms in total. The average molecular weight is 639 g/mol. The zero-order chi connectivity index (χ0) is 27.2. The number of hydrogen-bond donors (Lipinski definition) is 0. The maximum atomic E-state index is 12.7. The van der Waals surface area contributed by atoms with Gasteiger partial charge in [-0.05, 0) is 0 Å². The molecule has 1 aromatic carbocycles. The maximum absolute atomic E-state index is 12.7. The first-order valence-corrected chi connectivity index (χ1v) is 15.1. The molecule has 1 aromatic rings. The predicted molar refractivity (Wildman–Crippen MR) is 144 cm³/mol. The number of fused-ring (bicyclic) bond motifs is 1. The molecule has 1 saturated heterocycles. The molecular weight excluding hydrogens is 608 g/mol. The first kappa shape index (κ1) is 30.3. The Labute approximate surface area is 238 Å². The van der Waals surface area contributed by atoms with Gasteiger partial charge in [0, 0.05) is 13.1 Å². The quantitative estimate of drug-likeness (QED) is 0.158. The molecule has 0 bridgehead atoms. The van der Waals surface area contributed by atoms with Gasteiger partial charge < -0.3 is 4.74 Å². The zero-order valence-electron chi connectivity index (χ0n) is 21.1. The van der Waals surface area contributed by atoms with Gasteiger partial charge in [-0.1, -0.05) is 0 Å². The Bertz CT molecular complexity index is 1070. The third-order valence-corrected chi connectivity index (χ3v) is 10.8. The molecule has 0 amide bonds. The SMILES string of the molecule is COc1c(C)c2c(c([AsH]C(=O)C(Cl)(Cl)Cl)c1C/C=C(\C)CCC(=O)OCCN1CCOCC1)C(=O)OC2. The summed E-state index contributed by atoms with van der Waals surface area (Å²) in [5.74, 6) is -0.159. The minimum absolute atomic E-state index is 0.111. The van der Waals surface area contributed by atoms with E-state index in [-0.39, 0.29) is 19.0 Å². The van der Waals surface area contributed by atoms with Gasteiger partial charge in [0.15, 0.2) is 0 Å². The van der Waals surface area contributed by atoms with E-state index >= 15 is 0 Å². The van der Waals surface area contributed by atoms with Crippen molar-refractivity contribution in [2.75, 3.05) is 46.6 Å². The summed E-state index contributed by atoms with van der Waals surface area (Å²) < 4.78 is 19.6. The van der Waals surface area contributed by atoms with E-state index in [4.69, 9.17) is 53.8 Å². The van der Waals surface area contributed by atoms with E-state index in [2.05, 4.69) is 4.90 Å². The molecular formula is C25H31AsCl3NO7. The van der Waals surface area contributed by atoms with Crippen LogP contribution in [-0.2, 0) is 36.8 Å². The molecule has 0 aliphatic carbocycles. The van der Waals surface area contributed by atoms with Gasteiger partial charge >= 0.3 is 208 Å². The van der Waals surface area contributed by atoms with Crippen molar-refractivity contribution in [3.63, 3.8) is 0 Å². The summed E-state index contributed by atoms with van der Waals surface area (Å²) in [6.45, 7) is 8.04. The van der Waals surface area contributed by atoms with Crippen LogP contribution in [0.15, 0.2) is 11.6 Å². The molecule has 3 rings (SSSR count). The van der Waals surface area contributed by atoms with E-state index in [0.29, 0.717) is 66.0 Å². The van der Waals surface area contributed by atoms with Crippen LogP contribution >= 0.6 is 34.8 Å². The summed E-state index contributed by atoms with van der Waals surface area (Å²) in [7, 11) is 1.54. The summed E-state index contributed by atoms with van der Waals surface area (Å²) in [5.41, 5.74) is 3.52. The van der Waals surface area contributed by atoms with Crippen LogP contribution in [0, 0.1) is 6.92 Å². The van der Waals surface area contributed by atoms with E-state index in [1.807, 2.05) is 19.9 Å². The van der Waals surface area contributed by atoms with E-state index in [9.17, 15) is 14.4 Å². The van der Waals surface area contributed by atoms with E-state index < -0.39 is 30.1 Å². The summed E-state index contributed by atoms with van der Waals surface area (Å²) in [6.07, 6.45) is 3.11. The second-order valence-corrected chi connectivity index (χ2v) is 13.6. The van der Waals surface area contributed by atoms with Gasteiger partial charge in [-0.3, -0.25) is 0 Å². The molecule has 2 heterocycles. The van der Waals surface area contributed by atoms with Crippen LogP contribution in [0.4, 0.5) is 0 Å². The zero-order valence-corrected chi connectivity index (χ0v) is 25.5. The van der Waals surface area contributed by atoms with Crippen molar-refractivity contribution in [1.29, 1.82) is 0 Å². The number of alkyl halides is 3. The molecule has 37 heavy (non-hydrogen) atoms. The summed E-state index contributed by atoms with van der Waals surface area (Å²) in [6, 6.07) is 0. The van der Waals surface area contributed by atoms with Crippen LogP contribution in [0.3, 0.4) is 0 Å². The number of esters is 2. The van der Waals surface area contributed by atoms with Gasteiger partial charge in [0.05, 0.1) is 13.2 Å². The number of allylic oxidation sites excluding steroid dienone is 2. The van der Waals surface area contributed by atoms with Gasteiger partial charge in [-0.15, -0.1) is 0 Å². The number of cyclic esters (lactones) is 1. The summed E-state index contributed by atoms with van der Waals surface area (Å²) in [5, 5.41) is 0. The van der Waals surface area contributed by atoms with Crippen LogP contribution in [0.5, 0.6) is 5.75 Å². The Morgan fingerprint density at radius 2 is 1.89 bits per heavy atom. The Morgan fingerprint density at radius 3 is 2.54 bits per heavy atom. The Morgan fingerprint density at radius 1 is 1.19 bits per heavy atom. The van der Waals surface area contributed by atoms with Crippen molar-refractivity contribution in [2.45, 2.75) is 43.5 Å². The van der Waals surface area contributed by atoms with E-state index in [1.165, 1.54) is 0 Å². The minimum atomic E-state index is -2.07. The first-order valence-electron chi connectivity index (χ1n) is 11.9. The first-order chi connectivity index (χ1) is 17.5. The number of carbonyl (C=O) groups excluding carboxylic acids is 3. The van der Waals surface area contributed by atoms with Gasteiger partial charge in [0.2, 0.25) is 0 Å². The third kappa shape index (κ3) is 8.10. The fraction of sp³-hybridized carbons (Fsp3) is 0.560. The van der Waals surface area contributed by atoms with Crippen molar-refractivity contribution < 1.29 is 33.3 Å². The topological polar surface area (TPSA) is 91.4 Å². The number of ether oxygens (including phenoxy) is 4. The standard InChI is InChI=1S/C25H31AsCl3NO7/c1-15(5-7-19(31)36-13-10-30-8-11-35-12-9-30)4-6-17-21(26-24(33)25(27,28)29)20-18(14-37-23(20)32)16(2)22(17)34-3/h4,26H,5-14H2,1-3H3/b15-4+. The molecule has 1 atom stereocenters. The van der Waals surface area contributed by atoms with Gasteiger partial charge in [-0.25, -0.2) is 0 Å². The molecule has 0 spiro atoms. The van der Waals surface area contributed by atoms with Crippen LogP contribution < -0.4 is 9.09 Å². The van der Waals surface area contributed by atoms with Crippen molar-refractivity contribution in [2.24, 2.45) is 0 Å². The molecule has 0 aromatic heterocycles. The molecule has 2 aliphatic rings. The predicted octanol–water partition coefficient (Wildman–Crippen LogP) is 2.78. The normalized spacial score (nSPS) is 16.7. The number of halogens is 3. The Balaban J connectivity index is 1.71.